The number of rotatable bonds is 3. The van der Waals surface area contributed by atoms with Crippen LogP contribution < -0.4 is 0 Å². The second kappa shape index (κ2) is 6.14. The van der Waals surface area contributed by atoms with Crippen LogP contribution in [0.2, 0.25) is 0 Å². The van der Waals surface area contributed by atoms with Crippen LogP contribution in [0.5, 0.6) is 0 Å². The van der Waals surface area contributed by atoms with Gasteiger partial charge in [0.1, 0.15) is 5.82 Å². The van der Waals surface area contributed by atoms with Gasteiger partial charge in [-0.15, -0.1) is 0 Å². The SMILES string of the molecule is Cc1ccc(F)cc1CN1CCCC(N2CCCC2=O)C1. The second-order valence-corrected chi connectivity index (χ2v) is 6.29. The number of carbonyl (C=O) groups excluding carboxylic acids is 1. The molecule has 2 heterocycles. The minimum absolute atomic E-state index is 0.168. The van der Waals surface area contributed by atoms with E-state index < -0.39 is 0 Å². The van der Waals surface area contributed by atoms with E-state index in [0.29, 0.717) is 18.4 Å². The van der Waals surface area contributed by atoms with Crippen molar-refractivity contribution < 1.29 is 9.18 Å². The van der Waals surface area contributed by atoms with Crippen molar-refractivity contribution in [1.29, 1.82) is 0 Å². The lowest BCUT2D eigenvalue weighted by Crippen LogP contribution is -2.48. The first-order valence-electron chi connectivity index (χ1n) is 7.90. The van der Waals surface area contributed by atoms with E-state index in [0.717, 1.165) is 56.6 Å². The number of carbonyl (C=O) groups is 1. The highest BCUT2D eigenvalue weighted by Gasteiger charge is 2.31. The van der Waals surface area contributed by atoms with E-state index in [1.807, 2.05) is 13.0 Å². The van der Waals surface area contributed by atoms with E-state index in [4.69, 9.17) is 0 Å². The number of hydrogen-bond acceptors (Lipinski definition) is 2. The monoisotopic (exact) mass is 290 g/mol. The third kappa shape index (κ3) is 3.26. The summed E-state index contributed by atoms with van der Waals surface area (Å²) in [6.07, 6.45) is 3.92. The summed E-state index contributed by atoms with van der Waals surface area (Å²) in [5.74, 6) is 0.141. The lowest BCUT2D eigenvalue weighted by atomic mass is 10.0. The van der Waals surface area contributed by atoms with Crippen LogP contribution in [0.3, 0.4) is 0 Å². The molecule has 0 saturated carbocycles. The maximum atomic E-state index is 13.4. The summed E-state index contributed by atoms with van der Waals surface area (Å²) < 4.78 is 13.4. The van der Waals surface area contributed by atoms with E-state index >= 15 is 0 Å². The Kier molecular flexibility index (Phi) is 4.24. The van der Waals surface area contributed by atoms with Gasteiger partial charge in [0, 0.05) is 32.1 Å². The maximum absolute atomic E-state index is 13.4. The van der Waals surface area contributed by atoms with Gasteiger partial charge in [0.2, 0.25) is 5.91 Å². The van der Waals surface area contributed by atoms with Crippen molar-refractivity contribution in [3.05, 3.63) is 35.1 Å². The lowest BCUT2D eigenvalue weighted by Gasteiger charge is -2.37. The van der Waals surface area contributed by atoms with Gasteiger partial charge in [-0.25, -0.2) is 4.39 Å². The largest absolute Gasteiger partial charge is 0.338 e. The van der Waals surface area contributed by atoms with Crippen LogP contribution in [0, 0.1) is 12.7 Å². The van der Waals surface area contributed by atoms with Crippen molar-refractivity contribution in [2.24, 2.45) is 0 Å². The van der Waals surface area contributed by atoms with Gasteiger partial charge in [-0.05, 0) is 56.0 Å². The normalized spacial score (nSPS) is 23.8. The first-order valence-corrected chi connectivity index (χ1v) is 7.90. The summed E-state index contributed by atoms with van der Waals surface area (Å²) in [5, 5.41) is 0. The standard InChI is InChI=1S/C17H23FN2O/c1-13-6-7-15(18)10-14(13)11-19-8-2-4-16(12-19)20-9-3-5-17(20)21/h6-7,10,16H,2-5,8-9,11-12H2,1H3. The highest BCUT2D eigenvalue weighted by molar-refractivity contribution is 5.78. The molecule has 2 aliphatic rings. The Labute approximate surface area is 125 Å². The van der Waals surface area contributed by atoms with Gasteiger partial charge in [-0.3, -0.25) is 9.69 Å². The third-order valence-electron chi connectivity index (χ3n) is 4.74. The first kappa shape index (κ1) is 14.5. The number of piperidine rings is 1. The van der Waals surface area contributed by atoms with Gasteiger partial charge in [-0.1, -0.05) is 6.07 Å². The molecule has 4 heteroatoms. The average Bonchev–Trinajstić information content (AvgIpc) is 2.89. The molecule has 2 fully saturated rings. The highest BCUT2D eigenvalue weighted by atomic mass is 19.1. The molecule has 0 spiro atoms. The molecular weight excluding hydrogens is 267 g/mol. The fourth-order valence-electron chi connectivity index (χ4n) is 3.54. The quantitative estimate of drug-likeness (QED) is 0.854. The average molecular weight is 290 g/mol. The lowest BCUT2D eigenvalue weighted by molar-refractivity contribution is -0.130. The van der Waals surface area contributed by atoms with Crippen molar-refractivity contribution in [2.75, 3.05) is 19.6 Å². The summed E-state index contributed by atoms with van der Waals surface area (Å²) in [6.45, 7) is 5.68. The van der Waals surface area contributed by atoms with E-state index in [1.54, 1.807) is 6.07 Å². The van der Waals surface area contributed by atoms with Crippen molar-refractivity contribution in [1.82, 2.24) is 9.80 Å². The maximum Gasteiger partial charge on any atom is 0.222 e. The minimum atomic E-state index is -0.168. The zero-order valence-electron chi connectivity index (χ0n) is 12.6. The van der Waals surface area contributed by atoms with E-state index in [1.165, 1.54) is 6.07 Å². The van der Waals surface area contributed by atoms with Gasteiger partial charge in [0.15, 0.2) is 0 Å². The summed E-state index contributed by atoms with van der Waals surface area (Å²) >= 11 is 0. The van der Waals surface area contributed by atoms with Crippen LogP contribution in [0.25, 0.3) is 0 Å². The Hall–Kier alpha value is -1.42. The Bertz CT molecular complexity index is 532. The number of aryl methyl sites for hydroxylation is 1. The topological polar surface area (TPSA) is 23.6 Å². The fourth-order valence-corrected chi connectivity index (χ4v) is 3.54. The molecule has 0 bridgehead atoms. The molecular formula is C17H23FN2O. The highest BCUT2D eigenvalue weighted by Crippen LogP contribution is 2.23. The molecule has 2 saturated heterocycles. The van der Waals surface area contributed by atoms with Crippen LogP contribution >= 0.6 is 0 Å². The van der Waals surface area contributed by atoms with Crippen molar-refractivity contribution in [3.8, 4) is 0 Å². The van der Waals surface area contributed by atoms with E-state index in [2.05, 4.69) is 9.80 Å². The summed E-state index contributed by atoms with van der Waals surface area (Å²) in [7, 11) is 0. The predicted octanol–water partition coefficient (Wildman–Crippen LogP) is 2.72. The number of likely N-dealkylation sites (tertiary alicyclic amines) is 2. The third-order valence-corrected chi connectivity index (χ3v) is 4.74. The van der Waals surface area contributed by atoms with Crippen molar-refractivity contribution in [2.45, 2.75) is 45.2 Å². The molecule has 3 nitrogen and oxygen atoms in total. The number of benzene rings is 1. The molecule has 1 amide bonds. The molecule has 1 aromatic carbocycles. The summed E-state index contributed by atoms with van der Waals surface area (Å²) in [4.78, 5) is 16.3. The molecule has 1 aromatic rings. The Morgan fingerprint density at radius 3 is 2.90 bits per heavy atom. The molecule has 1 atom stereocenters. The van der Waals surface area contributed by atoms with Gasteiger partial charge in [0.25, 0.3) is 0 Å². The van der Waals surface area contributed by atoms with Gasteiger partial charge < -0.3 is 4.90 Å². The number of hydrogen-bond donors (Lipinski definition) is 0. The van der Waals surface area contributed by atoms with Gasteiger partial charge in [0.05, 0.1) is 0 Å². The molecule has 21 heavy (non-hydrogen) atoms. The first-order chi connectivity index (χ1) is 10.1. The van der Waals surface area contributed by atoms with Crippen LogP contribution in [0.1, 0.15) is 36.8 Å². The molecule has 114 valence electrons. The van der Waals surface area contributed by atoms with Crippen LogP contribution in [0.15, 0.2) is 18.2 Å². The Balaban J connectivity index is 1.66. The summed E-state index contributed by atoms with van der Waals surface area (Å²) in [6, 6.07) is 5.35. The van der Waals surface area contributed by atoms with Gasteiger partial charge >= 0.3 is 0 Å². The van der Waals surface area contributed by atoms with E-state index in [9.17, 15) is 9.18 Å². The van der Waals surface area contributed by atoms with Gasteiger partial charge in [-0.2, -0.15) is 0 Å². The fraction of sp³-hybridized carbons (Fsp3) is 0.588. The zero-order valence-corrected chi connectivity index (χ0v) is 12.6. The molecule has 2 aliphatic heterocycles. The minimum Gasteiger partial charge on any atom is -0.338 e. The molecule has 0 N–H and O–H groups in total. The number of nitrogens with zero attached hydrogens (tertiary/aromatic N) is 2. The van der Waals surface area contributed by atoms with Crippen molar-refractivity contribution in [3.63, 3.8) is 0 Å². The molecule has 0 aromatic heterocycles. The number of halogens is 1. The van der Waals surface area contributed by atoms with Crippen LogP contribution in [-0.2, 0) is 11.3 Å². The van der Waals surface area contributed by atoms with Crippen molar-refractivity contribution >= 4 is 5.91 Å². The number of amides is 1. The molecule has 1 unspecified atom stereocenters. The predicted molar refractivity (Wildman–Crippen MR) is 80.4 cm³/mol. The second-order valence-electron chi connectivity index (χ2n) is 6.29. The Morgan fingerprint density at radius 1 is 1.29 bits per heavy atom. The molecule has 0 aliphatic carbocycles. The van der Waals surface area contributed by atoms with Crippen LogP contribution in [0.4, 0.5) is 4.39 Å². The van der Waals surface area contributed by atoms with Crippen LogP contribution in [-0.4, -0.2) is 41.4 Å². The zero-order chi connectivity index (χ0) is 14.8. The summed E-state index contributed by atoms with van der Waals surface area (Å²) in [5.41, 5.74) is 2.19. The molecule has 0 radical (unpaired) electrons. The Morgan fingerprint density at radius 2 is 2.14 bits per heavy atom. The molecule has 3 rings (SSSR count). The van der Waals surface area contributed by atoms with E-state index in [-0.39, 0.29) is 5.82 Å². The smallest absolute Gasteiger partial charge is 0.222 e.